The number of benzene rings is 1. The maximum Gasteiger partial charge on any atom is 0.283 e. The van der Waals surface area contributed by atoms with Gasteiger partial charge >= 0.3 is 0 Å². The van der Waals surface area contributed by atoms with E-state index in [0.29, 0.717) is 0 Å². The van der Waals surface area contributed by atoms with E-state index in [4.69, 9.17) is 10.7 Å². The second kappa shape index (κ2) is 5.65. The van der Waals surface area contributed by atoms with Crippen LogP contribution in [0.1, 0.15) is 0 Å². The molecule has 9 heteroatoms. The highest BCUT2D eigenvalue weighted by Crippen LogP contribution is 2.29. The van der Waals surface area contributed by atoms with Crippen molar-refractivity contribution in [3.05, 3.63) is 34.1 Å². The number of hydrogen-bond acceptors (Lipinski definition) is 5. The van der Waals surface area contributed by atoms with Gasteiger partial charge in [-0.3, -0.25) is 10.1 Å². The molecule has 0 fully saturated rings. The molecule has 0 spiro atoms. The van der Waals surface area contributed by atoms with Gasteiger partial charge in [-0.25, -0.2) is 12.8 Å². The summed E-state index contributed by atoms with van der Waals surface area (Å²) in [5, 5.41) is 10.6. The lowest BCUT2D eigenvalue weighted by molar-refractivity contribution is -0.387. The van der Waals surface area contributed by atoms with E-state index in [1.165, 1.54) is 0 Å². The van der Waals surface area contributed by atoms with Gasteiger partial charge in [0, 0.05) is 22.5 Å². The summed E-state index contributed by atoms with van der Waals surface area (Å²) in [6, 6.07) is 3.00. The summed E-state index contributed by atoms with van der Waals surface area (Å²) in [7, 11) is 1.33. The van der Waals surface area contributed by atoms with Crippen molar-refractivity contribution in [2.24, 2.45) is 0 Å². The van der Waals surface area contributed by atoms with Crippen molar-refractivity contribution in [1.82, 2.24) is 0 Å². The van der Waals surface area contributed by atoms with Crippen LogP contribution in [0.5, 0.6) is 0 Å². The molecule has 0 aliphatic carbocycles. The first-order valence-electron chi connectivity index (χ1n) is 4.28. The number of rotatable bonds is 5. The van der Waals surface area contributed by atoms with Crippen LogP contribution in [-0.4, -0.2) is 24.8 Å². The van der Waals surface area contributed by atoms with Gasteiger partial charge in [-0.05, 0) is 12.1 Å². The quantitative estimate of drug-likeness (QED) is 0.361. The Labute approximate surface area is 106 Å². The van der Waals surface area contributed by atoms with Gasteiger partial charge in [0.05, 0.1) is 15.6 Å². The van der Waals surface area contributed by atoms with E-state index in [0.717, 1.165) is 30.0 Å². The van der Waals surface area contributed by atoms with Crippen LogP contribution in [0, 0.1) is 15.9 Å². The van der Waals surface area contributed by atoms with E-state index in [1.807, 2.05) is 0 Å². The van der Waals surface area contributed by atoms with Crippen molar-refractivity contribution in [3.63, 3.8) is 0 Å². The Balaban J connectivity index is 2.82. The number of nitrogens with zero attached hydrogens (tertiary/aromatic N) is 1. The van der Waals surface area contributed by atoms with Crippen LogP contribution in [0.3, 0.4) is 0 Å². The molecule has 0 atom stereocenters. The van der Waals surface area contributed by atoms with Gasteiger partial charge in [0.1, 0.15) is 5.82 Å². The molecule has 0 aliphatic heterocycles. The Bertz CT molecular complexity index is 534. The van der Waals surface area contributed by atoms with E-state index in [-0.39, 0.29) is 22.1 Å². The molecule has 0 aliphatic rings. The molecular formula is C8H7ClFNO4S2. The molecule has 0 aromatic heterocycles. The zero-order valence-electron chi connectivity index (χ0n) is 8.30. The first-order valence-corrected chi connectivity index (χ1v) is 7.75. The molecule has 17 heavy (non-hydrogen) atoms. The molecule has 0 radical (unpaired) electrons. The largest absolute Gasteiger partial charge is 0.283 e. The highest BCUT2D eigenvalue weighted by Gasteiger charge is 2.15. The van der Waals surface area contributed by atoms with E-state index < -0.39 is 19.8 Å². The summed E-state index contributed by atoms with van der Waals surface area (Å²) in [4.78, 5) is 10.0. The van der Waals surface area contributed by atoms with Crippen LogP contribution in [0.25, 0.3) is 0 Å². The minimum Gasteiger partial charge on any atom is -0.258 e. The first-order chi connectivity index (χ1) is 7.79. The van der Waals surface area contributed by atoms with E-state index >= 15 is 0 Å². The fraction of sp³-hybridized carbons (Fsp3) is 0.250. The van der Waals surface area contributed by atoms with Crippen molar-refractivity contribution in [2.45, 2.75) is 4.90 Å². The Morgan fingerprint density at radius 3 is 2.65 bits per heavy atom. The van der Waals surface area contributed by atoms with E-state index in [2.05, 4.69) is 0 Å². The van der Waals surface area contributed by atoms with Crippen molar-refractivity contribution < 1.29 is 17.7 Å². The molecule has 0 saturated carbocycles. The summed E-state index contributed by atoms with van der Waals surface area (Å²) >= 11 is 0.871. The highest BCUT2D eigenvalue weighted by molar-refractivity contribution is 8.14. The van der Waals surface area contributed by atoms with Gasteiger partial charge in [0.2, 0.25) is 9.05 Å². The second-order valence-corrected chi connectivity index (χ2v) is 6.99. The minimum absolute atomic E-state index is 0.0239. The fourth-order valence-corrected chi connectivity index (χ4v) is 3.41. The van der Waals surface area contributed by atoms with Crippen LogP contribution in [0.4, 0.5) is 10.1 Å². The SMILES string of the molecule is O=[N+]([O-])c1ccc(F)cc1SCCS(=O)(=O)Cl. The molecule has 94 valence electrons. The lowest BCUT2D eigenvalue weighted by Gasteiger charge is -2.01. The van der Waals surface area contributed by atoms with E-state index in [1.54, 1.807) is 0 Å². The minimum atomic E-state index is -3.65. The number of nitro groups is 1. The molecule has 0 saturated heterocycles. The second-order valence-electron chi connectivity index (χ2n) is 2.96. The summed E-state index contributed by atoms with van der Waals surface area (Å²) in [6.07, 6.45) is 0. The molecule has 0 N–H and O–H groups in total. The third-order valence-corrected chi connectivity index (χ3v) is 4.16. The van der Waals surface area contributed by atoms with Gasteiger partial charge in [-0.2, -0.15) is 0 Å². The van der Waals surface area contributed by atoms with Crippen molar-refractivity contribution in [2.75, 3.05) is 11.5 Å². The summed E-state index contributed by atoms with van der Waals surface area (Å²) in [5.41, 5.74) is -0.261. The van der Waals surface area contributed by atoms with Gasteiger partial charge in [-0.15, -0.1) is 11.8 Å². The van der Waals surface area contributed by atoms with Gasteiger partial charge in [0.25, 0.3) is 5.69 Å². The summed E-state index contributed by atoms with van der Waals surface area (Å²) in [6.45, 7) is 0. The molecule has 0 bridgehead atoms. The summed E-state index contributed by atoms with van der Waals surface area (Å²) < 4.78 is 34.2. The number of halogens is 2. The van der Waals surface area contributed by atoms with Gasteiger partial charge < -0.3 is 0 Å². The Morgan fingerprint density at radius 1 is 1.47 bits per heavy atom. The van der Waals surface area contributed by atoms with Crippen LogP contribution in [0.15, 0.2) is 23.1 Å². The van der Waals surface area contributed by atoms with Crippen molar-refractivity contribution >= 4 is 37.2 Å². The zero-order valence-corrected chi connectivity index (χ0v) is 10.7. The molecule has 0 heterocycles. The maximum atomic E-state index is 12.9. The van der Waals surface area contributed by atoms with Gasteiger partial charge in [0.15, 0.2) is 0 Å². The fourth-order valence-electron chi connectivity index (χ4n) is 1.01. The summed E-state index contributed by atoms with van der Waals surface area (Å²) in [5.74, 6) is -0.935. The highest BCUT2D eigenvalue weighted by atomic mass is 35.7. The lowest BCUT2D eigenvalue weighted by Crippen LogP contribution is -2.00. The van der Waals surface area contributed by atoms with Crippen LogP contribution in [-0.2, 0) is 9.05 Å². The lowest BCUT2D eigenvalue weighted by atomic mass is 10.3. The normalized spacial score (nSPS) is 11.4. The number of hydrogen-bond donors (Lipinski definition) is 0. The molecule has 1 aromatic rings. The first kappa shape index (κ1) is 14.2. The van der Waals surface area contributed by atoms with Crippen LogP contribution >= 0.6 is 22.4 Å². The van der Waals surface area contributed by atoms with Gasteiger partial charge in [-0.1, -0.05) is 0 Å². The predicted octanol–water partition coefficient (Wildman–Crippen LogP) is 2.39. The van der Waals surface area contributed by atoms with E-state index in [9.17, 15) is 22.9 Å². The zero-order chi connectivity index (χ0) is 13.1. The smallest absolute Gasteiger partial charge is 0.258 e. The van der Waals surface area contributed by atoms with Crippen LogP contribution in [0.2, 0.25) is 0 Å². The average Bonchev–Trinajstić information content (AvgIpc) is 2.15. The Kier molecular flexibility index (Phi) is 4.72. The molecule has 5 nitrogen and oxygen atoms in total. The molecule has 0 amide bonds. The molecule has 1 aromatic carbocycles. The predicted molar refractivity (Wildman–Crippen MR) is 63.4 cm³/mol. The van der Waals surface area contributed by atoms with Crippen LogP contribution < -0.4 is 0 Å². The number of thioether (sulfide) groups is 1. The Hall–Kier alpha value is -0.860. The van der Waals surface area contributed by atoms with Crippen molar-refractivity contribution in [3.8, 4) is 0 Å². The average molecular weight is 300 g/mol. The number of nitro benzene ring substituents is 1. The monoisotopic (exact) mass is 299 g/mol. The maximum absolute atomic E-state index is 12.9. The standard InChI is InChI=1S/C8H7ClFNO4S2/c9-17(14,15)4-3-16-8-5-6(10)1-2-7(8)11(12)13/h1-2,5H,3-4H2. The molecule has 0 unspecified atom stereocenters. The molecular weight excluding hydrogens is 293 g/mol. The third-order valence-electron chi connectivity index (χ3n) is 1.70. The topological polar surface area (TPSA) is 77.3 Å². The Morgan fingerprint density at radius 2 is 2.12 bits per heavy atom. The molecule has 1 rings (SSSR count). The van der Waals surface area contributed by atoms with Crippen molar-refractivity contribution in [1.29, 1.82) is 0 Å². The third kappa shape index (κ3) is 4.88.